The van der Waals surface area contributed by atoms with Gasteiger partial charge in [-0.3, -0.25) is 0 Å². The lowest BCUT2D eigenvalue weighted by Crippen LogP contribution is -2.33. The van der Waals surface area contributed by atoms with E-state index >= 15 is 0 Å². The van der Waals surface area contributed by atoms with Gasteiger partial charge in [0.15, 0.2) is 11.6 Å². The zero-order valence-corrected chi connectivity index (χ0v) is 11.6. The van der Waals surface area contributed by atoms with E-state index in [1.165, 1.54) is 6.07 Å². The summed E-state index contributed by atoms with van der Waals surface area (Å²) in [6.45, 7) is 5.66. The molecular formula is C13H19FN2OS. The zero-order valence-electron chi connectivity index (χ0n) is 10.8. The summed E-state index contributed by atoms with van der Waals surface area (Å²) in [4.78, 5) is 2.19. The van der Waals surface area contributed by atoms with Crippen molar-refractivity contribution in [2.24, 2.45) is 0 Å². The molecule has 2 rings (SSSR count). The van der Waals surface area contributed by atoms with Crippen molar-refractivity contribution in [1.29, 1.82) is 0 Å². The average Bonchev–Trinajstić information content (AvgIpc) is 2.33. The normalized spacial score (nSPS) is 16.1. The van der Waals surface area contributed by atoms with Gasteiger partial charge in [0.1, 0.15) is 0 Å². The Bertz CT molecular complexity index is 420. The van der Waals surface area contributed by atoms with Crippen LogP contribution in [0.25, 0.3) is 0 Å². The van der Waals surface area contributed by atoms with Crippen molar-refractivity contribution in [3.8, 4) is 5.75 Å². The van der Waals surface area contributed by atoms with Gasteiger partial charge in [-0.05, 0) is 13.8 Å². The van der Waals surface area contributed by atoms with Crippen molar-refractivity contribution in [1.82, 2.24) is 0 Å². The first-order valence-corrected chi connectivity index (χ1v) is 7.31. The van der Waals surface area contributed by atoms with E-state index in [4.69, 9.17) is 10.5 Å². The molecule has 1 aromatic carbocycles. The third-order valence-electron chi connectivity index (χ3n) is 2.80. The minimum Gasteiger partial charge on any atom is -0.488 e. The Hall–Kier alpha value is -1.10. The van der Waals surface area contributed by atoms with E-state index < -0.39 is 5.82 Å². The quantitative estimate of drug-likeness (QED) is 0.857. The number of nitrogen functional groups attached to an aromatic ring is 1. The van der Waals surface area contributed by atoms with E-state index in [0.717, 1.165) is 30.3 Å². The van der Waals surface area contributed by atoms with Crippen LogP contribution in [-0.4, -0.2) is 30.7 Å². The fourth-order valence-electron chi connectivity index (χ4n) is 1.98. The Morgan fingerprint density at radius 3 is 2.61 bits per heavy atom. The molecule has 2 N–H and O–H groups in total. The summed E-state index contributed by atoms with van der Waals surface area (Å²) < 4.78 is 19.2. The van der Waals surface area contributed by atoms with Crippen molar-refractivity contribution in [2.45, 2.75) is 20.0 Å². The second-order valence-electron chi connectivity index (χ2n) is 4.61. The maximum atomic E-state index is 13.7. The van der Waals surface area contributed by atoms with Crippen LogP contribution >= 0.6 is 11.8 Å². The number of nitrogens with zero attached hydrogens (tertiary/aromatic N) is 1. The molecule has 0 saturated carbocycles. The topological polar surface area (TPSA) is 38.5 Å². The maximum absolute atomic E-state index is 13.7. The van der Waals surface area contributed by atoms with E-state index in [0.29, 0.717) is 5.69 Å². The van der Waals surface area contributed by atoms with Gasteiger partial charge in [-0.2, -0.15) is 11.8 Å². The summed E-state index contributed by atoms with van der Waals surface area (Å²) in [5.41, 5.74) is 7.27. The Labute approximate surface area is 111 Å². The standard InChI is InChI=1S/C13H19FN2OS/c1-9(2)17-13-8-12(11(15)7-10(13)14)16-3-5-18-6-4-16/h7-9H,3-6,15H2,1-2H3. The second kappa shape index (κ2) is 5.69. The third kappa shape index (κ3) is 3.02. The minimum absolute atomic E-state index is 0.0483. The number of anilines is 2. The molecule has 0 bridgehead atoms. The Kier molecular flexibility index (Phi) is 4.22. The van der Waals surface area contributed by atoms with E-state index in [2.05, 4.69) is 4.90 Å². The first-order chi connectivity index (χ1) is 8.58. The molecule has 1 aliphatic rings. The lowest BCUT2D eigenvalue weighted by molar-refractivity contribution is 0.231. The van der Waals surface area contributed by atoms with Gasteiger partial charge in [-0.25, -0.2) is 4.39 Å². The minimum atomic E-state index is -0.392. The number of benzene rings is 1. The van der Waals surface area contributed by atoms with Gasteiger partial charge in [0.25, 0.3) is 0 Å². The highest BCUT2D eigenvalue weighted by molar-refractivity contribution is 7.99. The van der Waals surface area contributed by atoms with Gasteiger partial charge in [0, 0.05) is 36.7 Å². The van der Waals surface area contributed by atoms with Crippen molar-refractivity contribution in [3.05, 3.63) is 17.9 Å². The van der Waals surface area contributed by atoms with E-state index in [1.807, 2.05) is 25.6 Å². The van der Waals surface area contributed by atoms with Gasteiger partial charge in [-0.1, -0.05) is 0 Å². The molecule has 0 aliphatic carbocycles. The number of hydrogen-bond donors (Lipinski definition) is 1. The van der Waals surface area contributed by atoms with Crippen LogP contribution in [0.1, 0.15) is 13.8 Å². The number of rotatable bonds is 3. The van der Waals surface area contributed by atoms with Crippen LogP contribution in [0.15, 0.2) is 12.1 Å². The first kappa shape index (κ1) is 13.3. The molecule has 0 unspecified atom stereocenters. The molecule has 1 saturated heterocycles. The molecule has 0 spiro atoms. The molecule has 3 nitrogen and oxygen atoms in total. The van der Waals surface area contributed by atoms with Gasteiger partial charge >= 0.3 is 0 Å². The number of halogens is 1. The van der Waals surface area contributed by atoms with Gasteiger partial charge in [-0.15, -0.1) is 0 Å². The molecule has 0 amide bonds. The number of nitrogens with two attached hydrogens (primary N) is 1. The lowest BCUT2D eigenvalue weighted by atomic mass is 10.2. The smallest absolute Gasteiger partial charge is 0.167 e. The van der Waals surface area contributed by atoms with Crippen LogP contribution in [0.4, 0.5) is 15.8 Å². The SMILES string of the molecule is CC(C)Oc1cc(N2CCSCC2)c(N)cc1F. The fourth-order valence-corrected chi connectivity index (χ4v) is 2.88. The zero-order chi connectivity index (χ0) is 13.1. The monoisotopic (exact) mass is 270 g/mol. The van der Waals surface area contributed by atoms with Gasteiger partial charge in [0.2, 0.25) is 0 Å². The van der Waals surface area contributed by atoms with E-state index in [-0.39, 0.29) is 11.9 Å². The highest BCUT2D eigenvalue weighted by Crippen LogP contribution is 2.32. The molecule has 0 radical (unpaired) electrons. The highest BCUT2D eigenvalue weighted by atomic mass is 32.2. The molecule has 1 heterocycles. The predicted molar refractivity (Wildman–Crippen MR) is 76.1 cm³/mol. The van der Waals surface area contributed by atoms with Gasteiger partial charge < -0.3 is 15.4 Å². The largest absolute Gasteiger partial charge is 0.488 e. The first-order valence-electron chi connectivity index (χ1n) is 6.16. The Morgan fingerprint density at radius 2 is 2.00 bits per heavy atom. The third-order valence-corrected chi connectivity index (χ3v) is 3.74. The molecular weight excluding hydrogens is 251 g/mol. The molecule has 5 heteroatoms. The molecule has 0 aromatic heterocycles. The van der Waals surface area contributed by atoms with Crippen molar-refractivity contribution >= 4 is 23.1 Å². The van der Waals surface area contributed by atoms with Gasteiger partial charge in [0.05, 0.1) is 17.5 Å². The summed E-state index contributed by atoms with van der Waals surface area (Å²) in [5.74, 6) is 2.05. The lowest BCUT2D eigenvalue weighted by Gasteiger charge is -2.30. The van der Waals surface area contributed by atoms with Crippen molar-refractivity contribution in [3.63, 3.8) is 0 Å². The van der Waals surface area contributed by atoms with Crippen LogP contribution in [0, 0.1) is 5.82 Å². The average molecular weight is 270 g/mol. The van der Waals surface area contributed by atoms with E-state index in [1.54, 1.807) is 6.07 Å². The predicted octanol–water partition coefficient (Wildman–Crippen LogP) is 2.75. The van der Waals surface area contributed by atoms with Crippen LogP contribution in [-0.2, 0) is 0 Å². The molecule has 1 fully saturated rings. The highest BCUT2D eigenvalue weighted by Gasteiger charge is 2.17. The summed E-state index contributed by atoms with van der Waals surface area (Å²) >= 11 is 1.93. The number of thioether (sulfide) groups is 1. The Morgan fingerprint density at radius 1 is 1.33 bits per heavy atom. The number of hydrogen-bond acceptors (Lipinski definition) is 4. The second-order valence-corrected chi connectivity index (χ2v) is 5.83. The number of ether oxygens (including phenoxy) is 1. The fraction of sp³-hybridized carbons (Fsp3) is 0.538. The molecule has 1 aromatic rings. The summed E-state index contributed by atoms with van der Waals surface area (Å²) in [5, 5.41) is 0. The molecule has 100 valence electrons. The summed E-state index contributed by atoms with van der Waals surface area (Å²) in [7, 11) is 0. The molecule has 1 aliphatic heterocycles. The van der Waals surface area contributed by atoms with Crippen LogP contribution in [0.3, 0.4) is 0 Å². The molecule has 0 atom stereocenters. The van der Waals surface area contributed by atoms with E-state index in [9.17, 15) is 4.39 Å². The maximum Gasteiger partial charge on any atom is 0.167 e. The van der Waals surface area contributed by atoms with Crippen molar-refractivity contribution in [2.75, 3.05) is 35.2 Å². The van der Waals surface area contributed by atoms with Crippen LogP contribution < -0.4 is 15.4 Å². The molecule has 18 heavy (non-hydrogen) atoms. The van der Waals surface area contributed by atoms with Crippen LogP contribution in [0.2, 0.25) is 0 Å². The van der Waals surface area contributed by atoms with Crippen molar-refractivity contribution < 1.29 is 9.13 Å². The Balaban J connectivity index is 2.28. The van der Waals surface area contributed by atoms with Crippen LogP contribution in [0.5, 0.6) is 5.75 Å². The summed E-state index contributed by atoms with van der Waals surface area (Å²) in [6, 6.07) is 3.08. The summed E-state index contributed by atoms with van der Waals surface area (Å²) in [6.07, 6.45) is -0.0483.